The van der Waals surface area contributed by atoms with Gasteiger partial charge in [0.05, 0.1) is 31.6 Å². The number of aromatic nitrogens is 4. The van der Waals surface area contributed by atoms with Crippen LogP contribution in [-0.2, 0) is 22.6 Å². The van der Waals surface area contributed by atoms with Crippen LogP contribution < -0.4 is 4.90 Å². The molecule has 8 nitrogen and oxygen atoms in total. The van der Waals surface area contributed by atoms with E-state index in [-0.39, 0.29) is 17.6 Å². The van der Waals surface area contributed by atoms with Crippen molar-refractivity contribution in [3.05, 3.63) is 23.0 Å². The second-order valence-corrected chi connectivity index (χ2v) is 9.27. The van der Waals surface area contributed by atoms with Gasteiger partial charge in [0.15, 0.2) is 10.9 Å². The minimum absolute atomic E-state index is 0.0586. The number of anilines is 1. The first-order chi connectivity index (χ1) is 15.7. The summed E-state index contributed by atoms with van der Waals surface area (Å²) in [6.45, 7) is 5.98. The van der Waals surface area contributed by atoms with E-state index in [2.05, 4.69) is 15.1 Å². The van der Waals surface area contributed by atoms with Gasteiger partial charge in [-0.3, -0.25) is 9.36 Å². The third kappa shape index (κ3) is 5.72. The summed E-state index contributed by atoms with van der Waals surface area (Å²) in [7, 11) is 0. The molecule has 2 aliphatic rings. The van der Waals surface area contributed by atoms with E-state index >= 15 is 0 Å². The lowest BCUT2D eigenvalue weighted by Gasteiger charge is -2.28. The first kappa shape index (κ1) is 24.1. The Morgan fingerprint density at radius 1 is 1.18 bits per heavy atom. The van der Waals surface area contributed by atoms with Gasteiger partial charge in [0.2, 0.25) is 5.95 Å². The number of ketones is 1. The smallest absolute Gasteiger partial charge is 0.378 e. The summed E-state index contributed by atoms with van der Waals surface area (Å²) < 4.78 is 53.1. The number of alkyl halides is 3. The Labute approximate surface area is 194 Å². The van der Waals surface area contributed by atoms with E-state index in [0.717, 1.165) is 30.0 Å². The lowest BCUT2D eigenvalue weighted by Crippen LogP contribution is -2.38. The van der Waals surface area contributed by atoms with Crippen molar-refractivity contribution in [1.29, 1.82) is 0 Å². The number of carbonyl (C=O) groups excluding carboxylic acids is 1. The summed E-state index contributed by atoms with van der Waals surface area (Å²) in [6.07, 6.45) is -2.32. The highest BCUT2D eigenvalue weighted by molar-refractivity contribution is 7.99. The van der Waals surface area contributed by atoms with Crippen LogP contribution in [0.15, 0.2) is 11.2 Å². The minimum atomic E-state index is -4.35. The Hall–Kier alpha value is -2.05. The van der Waals surface area contributed by atoms with E-state index in [4.69, 9.17) is 9.47 Å². The van der Waals surface area contributed by atoms with Gasteiger partial charge in [0.1, 0.15) is 6.54 Å². The second-order valence-electron chi connectivity index (χ2n) is 8.33. The molecule has 0 spiro atoms. The Kier molecular flexibility index (Phi) is 7.34. The fourth-order valence-corrected chi connectivity index (χ4v) is 5.08. The van der Waals surface area contributed by atoms with Gasteiger partial charge in [-0.15, -0.1) is 10.2 Å². The fraction of sp³-hybridized carbons (Fsp3) is 0.667. The Balaban J connectivity index is 1.50. The van der Waals surface area contributed by atoms with Gasteiger partial charge >= 0.3 is 6.18 Å². The van der Waals surface area contributed by atoms with E-state index in [0.29, 0.717) is 55.0 Å². The zero-order chi connectivity index (χ0) is 23.6. The lowest BCUT2D eigenvalue weighted by atomic mass is 10.2. The number of Topliss-reactive ketones (excluding diaryl/α,β-unsaturated/α-hetero) is 1. The molecule has 0 aliphatic carbocycles. The number of ether oxygens (including phenoxy) is 2. The molecule has 2 fully saturated rings. The Morgan fingerprint density at radius 3 is 2.61 bits per heavy atom. The number of rotatable bonds is 8. The molecule has 0 bridgehead atoms. The van der Waals surface area contributed by atoms with E-state index in [9.17, 15) is 18.0 Å². The molecular formula is C21H28F3N5O3S. The highest BCUT2D eigenvalue weighted by Gasteiger charge is 2.31. The molecule has 1 atom stereocenters. The van der Waals surface area contributed by atoms with Gasteiger partial charge in [-0.1, -0.05) is 11.8 Å². The molecule has 4 heterocycles. The fourth-order valence-electron chi connectivity index (χ4n) is 4.25. The van der Waals surface area contributed by atoms with E-state index in [1.165, 1.54) is 17.8 Å². The van der Waals surface area contributed by atoms with Gasteiger partial charge < -0.3 is 18.9 Å². The third-order valence-electron chi connectivity index (χ3n) is 5.95. The number of aryl methyl sites for hydroxylation is 1. The number of hydrogen-bond donors (Lipinski definition) is 0. The molecule has 2 aliphatic heterocycles. The summed E-state index contributed by atoms with van der Waals surface area (Å²) >= 11 is 1.25. The highest BCUT2D eigenvalue weighted by atomic mass is 32.2. The SMILES string of the molecule is Cc1cc(C(=O)CSc2nnc(N3CCOCC3)n2CC2CCCO2)c(C)n1CC(F)(F)F. The van der Waals surface area contributed by atoms with Crippen LogP contribution in [-0.4, -0.2) is 76.1 Å². The maximum Gasteiger partial charge on any atom is 0.406 e. The summed E-state index contributed by atoms with van der Waals surface area (Å²) in [5, 5.41) is 9.30. The van der Waals surface area contributed by atoms with Crippen molar-refractivity contribution >= 4 is 23.5 Å². The molecule has 2 aromatic rings. The molecule has 182 valence electrons. The van der Waals surface area contributed by atoms with Crippen LogP contribution in [0.5, 0.6) is 0 Å². The molecule has 0 aromatic carbocycles. The van der Waals surface area contributed by atoms with Crippen LogP contribution in [0.3, 0.4) is 0 Å². The molecule has 12 heteroatoms. The van der Waals surface area contributed by atoms with Crippen molar-refractivity contribution in [2.24, 2.45) is 0 Å². The standard InChI is InChI=1S/C21H28F3N5O3S/c1-14-10-17(15(2)29(14)13-21(22,23)24)18(30)12-33-20-26-25-19(27-5-8-31-9-6-27)28(20)11-16-4-3-7-32-16/h10,16H,3-9,11-13H2,1-2H3. The minimum Gasteiger partial charge on any atom is -0.378 e. The van der Waals surface area contributed by atoms with Gasteiger partial charge in [0.25, 0.3) is 0 Å². The summed E-state index contributed by atoms with van der Waals surface area (Å²) in [4.78, 5) is 15.0. The van der Waals surface area contributed by atoms with Crippen LogP contribution in [0, 0.1) is 13.8 Å². The van der Waals surface area contributed by atoms with Crippen molar-refractivity contribution in [2.45, 2.75) is 57.2 Å². The quantitative estimate of drug-likeness (QED) is 0.418. The average Bonchev–Trinajstić information content (AvgIpc) is 3.49. The third-order valence-corrected chi connectivity index (χ3v) is 6.91. The van der Waals surface area contributed by atoms with Crippen LogP contribution in [0.1, 0.15) is 34.6 Å². The monoisotopic (exact) mass is 487 g/mol. The average molecular weight is 488 g/mol. The van der Waals surface area contributed by atoms with Crippen molar-refractivity contribution < 1.29 is 27.4 Å². The molecule has 0 amide bonds. The van der Waals surface area contributed by atoms with Crippen molar-refractivity contribution in [1.82, 2.24) is 19.3 Å². The van der Waals surface area contributed by atoms with Gasteiger partial charge in [0, 0.05) is 36.6 Å². The summed E-state index contributed by atoms with van der Waals surface area (Å²) in [5.41, 5.74) is 1.04. The van der Waals surface area contributed by atoms with E-state index in [1.54, 1.807) is 13.8 Å². The molecule has 0 N–H and O–H groups in total. The maximum absolute atomic E-state index is 12.9. The molecule has 4 rings (SSSR count). The predicted molar refractivity (Wildman–Crippen MR) is 117 cm³/mol. The maximum atomic E-state index is 12.9. The number of morpholine rings is 1. The van der Waals surface area contributed by atoms with Crippen LogP contribution >= 0.6 is 11.8 Å². The number of hydrogen-bond acceptors (Lipinski definition) is 7. The molecule has 0 saturated carbocycles. The number of thioether (sulfide) groups is 1. The van der Waals surface area contributed by atoms with Crippen molar-refractivity contribution in [3.63, 3.8) is 0 Å². The normalized spacial score (nSPS) is 19.4. The van der Waals surface area contributed by atoms with Gasteiger partial charge in [-0.05, 0) is 32.8 Å². The Bertz CT molecular complexity index is 979. The zero-order valence-electron chi connectivity index (χ0n) is 18.7. The Morgan fingerprint density at radius 2 is 1.94 bits per heavy atom. The van der Waals surface area contributed by atoms with Gasteiger partial charge in [-0.2, -0.15) is 13.2 Å². The van der Waals surface area contributed by atoms with Gasteiger partial charge in [-0.25, -0.2) is 0 Å². The van der Waals surface area contributed by atoms with Crippen LogP contribution in [0.25, 0.3) is 0 Å². The molecule has 0 radical (unpaired) electrons. The van der Waals surface area contributed by atoms with Crippen molar-refractivity contribution in [2.75, 3.05) is 43.6 Å². The first-order valence-electron chi connectivity index (χ1n) is 11.0. The topological polar surface area (TPSA) is 74.4 Å². The van der Waals surface area contributed by atoms with Crippen LogP contribution in [0.2, 0.25) is 0 Å². The molecule has 1 unspecified atom stereocenters. The molecule has 2 aromatic heterocycles. The predicted octanol–water partition coefficient (Wildman–Crippen LogP) is 3.25. The zero-order valence-corrected chi connectivity index (χ0v) is 19.5. The second kappa shape index (κ2) is 10.1. The summed E-state index contributed by atoms with van der Waals surface area (Å²) in [5.74, 6) is 0.552. The number of nitrogens with zero attached hydrogens (tertiary/aromatic N) is 5. The largest absolute Gasteiger partial charge is 0.406 e. The number of halogens is 3. The lowest BCUT2D eigenvalue weighted by molar-refractivity contribution is -0.141. The number of carbonyl (C=O) groups is 1. The van der Waals surface area contributed by atoms with Crippen LogP contribution in [0.4, 0.5) is 19.1 Å². The first-order valence-corrected chi connectivity index (χ1v) is 12.0. The van der Waals surface area contributed by atoms with Crippen molar-refractivity contribution in [3.8, 4) is 0 Å². The van der Waals surface area contributed by atoms with E-state index in [1.807, 2.05) is 4.57 Å². The molecule has 33 heavy (non-hydrogen) atoms. The highest BCUT2D eigenvalue weighted by Crippen LogP contribution is 2.28. The summed E-state index contributed by atoms with van der Waals surface area (Å²) in [6, 6.07) is 1.53. The van der Waals surface area contributed by atoms with E-state index < -0.39 is 12.7 Å². The molecular weight excluding hydrogens is 459 g/mol. The molecule has 2 saturated heterocycles.